The van der Waals surface area contributed by atoms with Gasteiger partial charge in [-0.2, -0.15) is 0 Å². The molecule has 0 aromatic rings. The second kappa shape index (κ2) is 12.0. The van der Waals surface area contributed by atoms with Crippen LogP contribution in [-0.2, 0) is 9.47 Å². The maximum Gasteiger partial charge on any atom is 0.154 e. The first-order valence-corrected chi connectivity index (χ1v) is 7.75. The molecule has 0 fully saturated rings. The summed E-state index contributed by atoms with van der Waals surface area (Å²) in [7, 11) is 6.08. The van der Waals surface area contributed by atoms with Gasteiger partial charge in [0, 0.05) is 13.2 Å². The fourth-order valence-electron chi connectivity index (χ4n) is 1.79. The Bertz CT molecular complexity index is 160. The Hall–Kier alpha value is -0.0151. The van der Waals surface area contributed by atoms with Crippen LogP contribution in [0, 0.1) is 0 Å². The van der Waals surface area contributed by atoms with Gasteiger partial charge in [0.25, 0.3) is 0 Å². The van der Waals surface area contributed by atoms with Crippen molar-refractivity contribution in [3.05, 3.63) is 0 Å². The molecule has 18 heavy (non-hydrogen) atoms. The van der Waals surface area contributed by atoms with E-state index >= 15 is 0 Å². The second-order valence-electron chi connectivity index (χ2n) is 4.98. The number of hydrogen-bond acceptors (Lipinski definition) is 2. The van der Waals surface area contributed by atoms with Crippen molar-refractivity contribution in [1.29, 1.82) is 0 Å². The third-order valence-electron chi connectivity index (χ3n) is 3.18. The van der Waals surface area contributed by atoms with Crippen LogP contribution >= 0.6 is 0 Å². The molecule has 0 aliphatic carbocycles. The van der Waals surface area contributed by atoms with Crippen LogP contribution in [0.5, 0.6) is 0 Å². The number of ether oxygens (including phenoxy) is 2. The fourth-order valence-corrected chi connectivity index (χ4v) is 1.79. The molecular weight excluding hydrogens is 223 g/mol. The zero-order valence-corrected chi connectivity index (χ0v) is 12.7. The molecule has 0 bridgehead atoms. The van der Waals surface area contributed by atoms with E-state index in [1.54, 1.807) is 0 Å². The predicted molar refractivity (Wildman–Crippen MR) is 79.0 cm³/mol. The number of rotatable bonds is 13. The SMILES string of the molecule is [B]C(CC)(OCCCCCC)OCCCCCC. The summed E-state index contributed by atoms with van der Waals surface area (Å²) in [4.78, 5) is 0. The Morgan fingerprint density at radius 3 is 1.50 bits per heavy atom. The van der Waals surface area contributed by atoms with Crippen molar-refractivity contribution >= 4 is 7.85 Å². The molecule has 0 aliphatic heterocycles. The van der Waals surface area contributed by atoms with Gasteiger partial charge < -0.3 is 9.47 Å². The Kier molecular flexibility index (Phi) is 12.0. The minimum absolute atomic E-state index is 0.703. The van der Waals surface area contributed by atoms with Crippen LogP contribution in [0.25, 0.3) is 0 Å². The van der Waals surface area contributed by atoms with Crippen LogP contribution in [0.1, 0.15) is 78.6 Å². The third-order valence-corrected chi connectivity index (χ3v) is 3.18. The van der Waals surface area contributed by atoms with Gasteiger partial charge in [0.15, 0.2) is 7.85 Å². The number of unbranched alkanes of at least 4 members (excludes halogenated alkanes) is 6. The molecule has 0 spiro atoms. The van der Waals surface area contributed by atoms with Crippen molar-refractivity contribution in [2.24, 2.45) is 0 Å². The molecule has 0 aromatic heterocycles. The Balaban J connectivity index is 3.60. The van der Waals surface area contributed by atoms with E-state index in [0.29, 0.717) is 19.6 Å². The highest BCUT2D eigenvalue weighted by Gasteiger charge is 2.21. The van der Waals surface area contributed by atoms with E-state index in [4.69, 9.17) is 17.3 Å². The first-order valence-electron chi connectivity index (χ1n) is 7.75. The molecule has 0 N–H and O–H groups in total. The minimum atomic E-state index is -0.863. The maximum atomic E-state index is 6.08. The number of hydrogen-bond donors (Lipinski definition) is 0. The lowest BCUT2D eigenvalue weighted by Crippen LogP contribution is -2.36. The molecule has 3 heteroatoms. The summed E-state index contributed by atoms with van der Waals surface area (Å²) in [6.07, 6.45) is 10.3. The molecule has 0 unspecified atom stereocenters. The highest BCUT2D eigenvalue weighted by Crippen LogP contribution is 2.15. The van der Waals surface area contributed by atoms with Gasteiger partial charge in [-0.05, 0) is 19.3 Å². The Morgan fingerprint density at radius 1 is 0.722 bits per heavy atom. The molecule has 0 saturated carbocycles. The van der Waals surface area contributed by atoms with E-state index in [-0.39, 0.29) is 0 Å². The Morgan fingerprint density at radius 2 is 1.17 bits per heavy atom. The van der Waals surface area contributed by atoms with Crippen molar-refractivity contribution in [2.45, 2.75) is 84.2 Å². The first kappa shape index (κ1) is 18.0. The molecule has 106 valence electrons. The van der Waals surface area contributed by atoms with Gasteiger partial charge in [0.05, 0.1) is 0 Å². The fraction of sp³-hybridized carbons (Fsp3) is 1.00. The van der Waals surface area contributed by atoms with Crippen LogP contribution in [0.4, 0.5) is 0 Å². The minimum Gasteiger partial charge on any atom is -0.360 e. The van der Waals surface area contributed by atoms with Crippen molar-refractivity contribution < 1.29 is 9.47 Å². The summed E-state index contributed by atoms with van der Waals surface area (Å²) < 4.78 is 11.4. The molecule has 0 saturated heterocycles. The lowest BCUT2D eigenvalue weighted by atomic mass is 9.91. The molecule has 0 amide bonds. The molecular formula is C15H31BO2. The predicted octanol–water partition coefficient (Wildman–Crippen LogP) is 4.41. The molecule has 2 radical (unpaired) electrons. The zero-order valence-electron chi connectivity index (χ0n) is 12.7. The van der Waals surface area contributed by atoms with Crippen LogP contribution in [-0.4, -0.2) is 26.7 Å². The van der Waals surface area contributed by atoms with Gasteiger partial charge in [-0.25, -0.2) is 0 Å². The first-order chi connectivity index (χ1) is 8.68. The second-order valence-corrected chi connectivity index (χ2v) is 4.98. The highest BCUT2D eigenvalue weighted by molar-refractivity contribution is 6.13. The molecule has 0 atom stereocenters. The van der Waals surface area contributed by atoms with Gasteiger partial charge >= 0.3 is 0 Å². The standard InChI is InChI=1S/C15H31BO2/c1-4-7-9-11-13-17-15(16,6-3)18-14-12-10-8-5-2/h4-14H2,1-3H3. The zero-order chi connectivity index (χ0) is 13.7. The van der Waals surface area contributed by atoms with E-state index < -0.39 is 5.69 Å². The van der Waals surface area contributed by atoms with Crippen LogP contribution < -0.4 is 0 Å². The molecule has 0 heterocycles. The van der Waals surface area contributed by atoms with Gasteiger partial charge in [-0.1, -0.05) is 59.3 Å². The third kappa shape index (κ3) is 9.96. The lowest BCUT2D eigenvalue weighted by Gasteiger charge is -2.30. The quantitative estimate of drug-likeness (QED) is 0.275. The summed E-state index contributed by atoms with van der Waals surface area (Å²) in [5, 5.41) is 0. The van der Waals surface area contributed by atoms with E-state index in [1.807, 2.05) is 6.92 Å². The van der Waals surface area contributed by atoms with Crippen LogP contribution in [0.15, 0.2) is 0 Å². The summed E-state index contributed by atoms with van der Waals surface area (Å²) in [6, 6.07) is 0. The lowest BCUT2D eigenvalue weighted by molar-refractivity contribution is -0.181. The normalized spacial score (nSPS) is 11.9. The van der Waals surface area contributed by atoms with Crippen molar-refractivity contribution in [3.8, 4) is 0 Å². The maximum absolute atomic E-state index is 6.08. The van der Waals surface area contributed by atoms with Gasteiger partial charge in [0.1, 0.15) is 5.69 Å². The average Bonchev–Trinajstić information content (AvgIpc) is 2.38. The van der Waals surface area contributed by atoms with Crippen LogP contribution in [0.2, 0.25) is 0 Å². The summed E-state index contributed by atoms with van der Waals surface area (Å²) in [6.45, 7) is 7.84. The van der Waals surface area contributed by atoms with E-state index in [2.05, 4.69) is 13.8 Å². The average molecular weight is 254 g/mol. The van der Waals surface area contributed by atoms with Crippen molar-refractivity contribution in [1.82, 2.24) is 0 Å². The topological polar surface area (TPSA) is 18.5 Å². The summed E-state index contributed by atoms with van der Waals surface area (Å²) >= 11 is 0. The van der Waals surface area contributed by atoms with Gasteiger partial charge in [-0.15, -0.1) is 0 Å². The summed E-state index contributed by atoms with van der Waals surface area (Å²) in [5.41, 5.74) is -0.863. The Labute approximate surface area is 115 Å². The highest BCUT2D eigenvalue weighted by atomic mass is 16.7. The van der Waals surface area contributed by atoms with Crippen molar-refractivity contribution in [3.63, 3.8) is 0 Å². The largest absolute Gasteiger partial charge is 0.360 e. The van der Waals surface area contributed by atoms with Crippen LogP contribution in [0.3, 0.4) is 0 Å². The van der Waals surface area contributed by atoms with Gasteiger partial charge in [-0.3, -0.25) is 0 Å². The summed E-state index contributed by atoms with van der Waals surface area (Å²) in [5.74, 6) is 0. The van der Waals surface area contributed by atoms with E-state index in [9.17, 15) is 0 Å². The molecule has 0 aromatic carbocycles. The van der Waals surface area contributed by atoms with Crippen molar-refractivity contribution in [2.75, 3.05) is 13.2 Å². The van der Waals surface area contributed by atoms with E-state index in [0.717, 1.165) is 12.8 Å². The molecule has 0 rings (SSSR count). The smallest absolute Gasteiger partial charge is 0.154 e. The monoisotopic (exact) mass is 254 g/mol. The molecule has 0 aliphatic rings. The van der Waals surface area contributed by atoms with Gasteiger partial charge in [0.2, 0.25) is 0 Å². The van der Waals surface area contributed by atoms with E-state index in [1.165, 1.54) is 38.5 Å². The molecule has 2 nitrogen and oxygen atoms in total.